The van der Waals surface area contributed by atoms with E-state index in [0.717, 1.165) is 71.8 Å². The molecule has 0 aliphatic carbocycles. The van der Waals surface area contributed by atoms with Crippen LogP contribution in [0, 0.1) is 5.92 Å². The Hall–Kier alpha value is -3.43. The number of sulfonamides is 1. The lowest BCUT2D eigenvalue weighted by Gasteiger charge is -2.26. The highest BCUT2D eigenvalue weighted by molar-refractivity contribution is 7.89. The lowest BCUT2D eigenvalue weighted by Crippen LogP contribution is -2.30. The van der Waals surface area contributed by atoms with E-state index >= 15 is 0 Å². The Bertz CT molecular complexity index is 1670. The lowest BCUT2D eigenvalue weighted by molar-refractivity contribution is 0.381. The van der Waals surface area contributed by atoms with Gasteiger partial charge in [0.05, 0.1) is 6.04 Å². The molecule has 0 radical (unpaired) electrons. The molecule has 2 aliphatic heterocycles. The largest absolute Gasteiger partial charge is 0.508 e. The topological polar surface area (TPSA) is 102 Å². The van der Waals surface area contributed by atoms with Crippen LogP contribution in [0.3, 0.4) is 0 Å². The van der Waals surface area contributed by atoms with E-state index < -0.39 is 21.8 Å². The third-order valence-electron chi connectivity index (χ3n) is 8.35. The van der Waals surface area contributed by atoms with Gasteiger partial charge in [-0.1, -0.05) is 60.6 Å². The summed E-state index contributed by atoms with van der Waals surface area (Å²) in [5.74, 6) is -0.0968. The first-order chi connectivity index (χ1) is 20.5. The molecule has 0 saturated carbocycles. The molecule has 7 nitrogen and oxygen atoms in total. The molecule has 3 N–H and O–H groups in total. The van der Waals surface area contributed by atoms with Crippen molar-refractivity contribution in [2.24, 2.45) is 10.9 Å². The summed E-state index contributed by atoms with van der Waals surface area (Å²) in [4.78, 5) is 3.91. The van der Waals surface area contributed by atoms with Gasteiger partial charge in [-0.3, -0.25) is 0 Å². The van der Waals surface area contributed by atoms with Crippen molar-refractivity contribution in [2.45, 2.75) is 57.0 Å². The summed E-state index contributed by atoms with van der Waals surface area (Å²) in [6, 6.07) is 17.0. The molecule has 2 atom stereocenters. The van der Waals surface area contributed by atoms with Crippen molar-refractivity contribution in [3.05, 3.63) is 107 Å². The Morgan fingerprint density at radius 3 is 2.56 bits per heavy atom. The van der Waals surface area contributed by atoms with Crippen molar-refractivity contribution in [3.8, 4) is 11.5 Å². The average molecular weight is 620 g/mol. The van der Waals surface area contributed by atoms with Gasteiger partial charge in [0.2, 0.25) is 10.0 Å². The number of hydrogen-bond acceptors (Lipinski definition) is 6. The molecule has 43 heavy (non-hydrogen) atoms. The first-order valence-corrected chi connectivity index (χ1v) is 16.4. The first-order valence-electron chi connectivity index (χ1n) is 14.6. The minimum absolute atomic E-state index is 0.175. The van der Waals surface area contributed by atoms with Gasteiger partial charge >= 0.3 is 0 Å². The fourth-order valence-electron chi connectivity index (χ4n) is 6.01. The monoisotopic (exact) mass is 619 g/mol. The summed E-state index contributed by atoms with van der Waals surface area (Å²) in [6.07, 6.45) is 6.11. The van der Waals surface area contributed by atoms with E-state index in [1.807, 2.05) is 31.2 Å². The molecule has 226 valence electrons. The molecule has 2 heterocycles. The van der Waals surface area contributed by atoms with Gasteiger partial charge in [-0.15, -0.1) is 0 Å². The maximum absolute atomic E-state index is 14.1. The van der Waals surface area contributed by atoms with Gasteiger partial charge in [0.15, 0.2) is 0 Å². The van der Waals surface area contributed by atoms with E-state index in [9.17, 15) is 18.6 Å². The number of allylic oxidation sites excluding steroid dienone is 2. The Balaban J connectivity index is 1.52. The SMILES string of the molecule is C=C(/C(C)=C\N=C(C)Cl)c1ccc([C@H]2c3ccc(CC4CCCNCC4)cc3CN2S(=O)(=O)c2ccc(O)cc2O)cc1. The van der Waals surface area contributed by atoms with Crippen LogP contribution in [0.15, 0.2) is 88.9 Å². The number of benzene rings is 3. The van der Waals surface area contributed by atoms with E-state index in [1.54, 1.807) is 13.1 Å². The molecular formula is C34H38ClN3O4S. The normalized spacial score (nSPS) is 20.1. The van der Waals surface area contributed by atoms with Gasteiger partial charge in [-0.2, -0.15) is 4.31 Å². The van der Waals surface area contributed by atoms with E-state index in [0.29, 0.717) is 11.1 Å². The highest BCUT2D eigenvalue weighted by Gasteiger charge is 2.41. The maximum Gasteiger partial charge on any atom is 0.247 e. The molecule has 1 unspecified atom stereocenters. The molecule has 1 fully saturated rings. The van der Waals surface area contributed by atoms with Crippen LogP contribution in [0.5, 0.6) is 11.5 Å². The molecule has 3 aromatic rings. The van der Waals surface area contributed by atoms with Gasteiger partial charge in [-0.05, 0) is 110 Å². The number of nitrogens with one attached hydrogen (secondary N) is 1. The number of nitrogens with zero attached hydrogens (tertiary/aromatic N) is 2. The van der Waals surface area contributed by atoms with Crippen LogP contribution in [0.25, 0.3) is 5.57 Å². The summed E-state index contributed by atoms with van der Waals surface area (Å²) in [7, 11) is -4.14. The minimum Gasteiger partial charge on any atom is -0.508 e. The van der Waals surface area contributed by atoms with Crippen LogP contribution in [-0.4, -0.2) is 41.2 Å². The van der Waals surface area contributed by atoms with Crippen LogP contribution in [0.1, 0.15) is 67.0 Å². The Labute approximate surface area is 259 Å². The van der Waals surface area contributed by atoms with Crippen LogP contribution in [-0.2, 0) is 23.0 Å². The second-order valence-electron chi connectivity index (χ2n) is 11.4. The molecule has 3 aromatic carbocycles. The van der Waals surface area contributed by atoms with E-state index in [1.165, 1.54) is 28.4 Å². The zero-order chi connectivity index (χ0) is 30.7. The Kier molecular flexibility index (Phi) is 9.42. The molecule has 0 bridgehead atoms. The predicted octanol–water partition coefficient (Wildman–Crippen LogP) is 6.90. The van der Waals surface area contributed by atoms with E-state index in [2.05, 4.69) is 35.1 Å². The Morgan fingerprint density at radius 2 is 1.84 bits per heavy atom. The third-order valence-corrected chi connectivity index (χ3v) is 10.3. The van der Waals surface area contributed by atoms with Crippen LogP contribution in [0.4, 0.5) is 0 Å². The van der Waals surface area contributed by atoms with Crippen molar-refractivity contribution in [1.82, 2.24) is 9.62 Å². The summed E-state index contributed by atoms with van der Waals surface area (Å²) in [5.41, 5.74) is 6.42. The molecule has 5 rings (SSSR count). The fourth-order valence-corrected chi connectivity index (χ4v) is 7.70. The average Bonchev–Trinajstić information content (AvgIpc) is 3.17. The van der Waals surface area contributed by atoms with Crippen molar-refractivity contribution in [1.29, 1.82) is 0 Å². The predicted molar refractivity (Wildman–Crippen MR) is 173 cm³/mol. The standard InChI is InChI=1S/C34H38ClN3O4S/c1-22(20-37-24(3)35)23(2)27-7-9-28(10-8-27)34-31-12-6-26(17-25-5-4-15-36-16-14-25)18-29(31)21-38(34)43(41,42)33-13-11-30(39)19-32(33)40/h6-13,18-20,25,34,36,39-40H,2,4-5,14-17,21H2,1,3H3/b22-20-,37-24?/t25?,34-/m0/s1. The van der Waals surface area contributed by atoms with Crippen LogP contribution < -0.4 is 5.32 Å². The smallest absolute Gasteiger partial charge is 0.247 e. The molecule has 1 saturated heterocycles. The van der Waals surface area contributed by atoms with Gasteiger partial charge in [0.1, 0.15) is 21.6 Å². The second kappa shape index (κ2) is 13.1. The number of rotatable bonds is 8. The number of phenolic OH excluding ortho intramolecular Hbond substituents is 2. The summed E-state index contributed by atoms with van der Waals surface area (Å²) >= 11 is 5.88. The van der Waals surface area contributed by atoms with Gasteiger partial charge in [0, 0.05) is 18.8 Å². The number of aromatic hydroxyl groups is 2. The number of fused-ring (bicyclic) bond motifs is 1. The number of phenols is 2. The molecule has 0 aromatic heterocycles. The summed E-state index contributed by atoms with van der Waals surface area (Å²) in [5, 5.41) is 24.2. The van der Waals surface area contributed by atoms with Crippen molar-refractivity contribution < 1.29 is 18.6 Å². The fraction of sp³-hybridized carbons (Fsp3) is 0.324. The van der Waals surface area contributed by atoms with Gasteiger partial charge < -0.3 is 15.5 Å². The third kappa shape index (κ3) is 6.88. The van der Waals surface area contributed by atoms with Crippen molar-refractivity contribution in [3.63, 3.8) is 0 Å². The van der Waals surface area contributed by atoms with Crippen molar-refractivity contribution in [2.75, 3.05) is 13.1 Å². The van der Waals surface area contributed by atoms with E-state index in [4.69, 9.17) is 11.6 Å². The second-order valence-corrected chi connectivity index (χ2v) is 13.8. The highest BCUT2D eigenvalue weighted by atomic mass is 35.5. The number of hydrogen-bond donors (Lipinski definition) is 3. The number of halogens is 1. The van der Waals surface area contributed by atoms with Gasteiger partial charge in [-0.25, -0.2) is 13.4 Å². The van der Waals surface area contributed by atoms with E-state index in [-0.39, 0.29) is 17.2 Å². The van der Waals surface area contributed by atoms with Crippen molar-refractivity contribution >= 4 is 32.4 Å². The summed E-state index contributed by atoms with van der Waals surface area (Å²) in [6.45, 7) is 10.1. The quantitative estimate of drug-likeness (QED) is 0.188. The maximum atomic E-state index is 14.1. The van der Waals surface area contributed by atoms with Gasteiger partial charge in [0.25, 0.3) is 0 Å². The Morgan fingerprint density at radius 1 is 1.07 bits per heavy atom. The molecule has 0 spiro atoms. The minimum atomic E-state index is -4.14. The van der Waals surface area contributed by atoms with Crippen LogP contribution >= 0.6 is 11.6 Å². The summed E-state index contributed by atoms with van der Waals surface area (Å²) < 4.78 is 29.6. The molecular weight excluding hydrogens is 582 g/mol. The highest BCUT2D eigenvalue weighted by Crippen LogP contribution is 2.44. The molecule has 9 heteroatoms. The van der Waals surface area contributed by atoms with Crippen LogP contribution in [0.2, 0.25) is 0 Å². The first kappa shape index (κ1) is 31.0. The number of aliphatic imine (C=N–C) groups is 1. The molecule has 2 aliphatic rings. The zero-order valence-electron chi connectivity index (χ0n) is 24.6. The lowest BCUT2D eigenvalue weighted by atomic mass is 9.90. The zero-order valence-corrected chi connectivity index (χ0v) is 26.1. The molecule has 0 amide bonds.